The zero-order valence-electron chi connectivity index (χ0n) is 8.63. The van der Waals surface area contributed by atoms with Crippen LogP contribution < -0.4 is 11.1 Å². The van der Waals surface area contributed by atoms with Gasteiger partial charge in [0.2, 0.25) is 0 Å². The summed E-state index contributed by atoms with van der Waals surface area (Å²) < 4.78 is 0. The minimum atomic E-state index is -1.23. The van der Waals surface area contributed by atoms with Gasteiger partial charge in [-0.1, -0.05) is 42.3 Å². The van der Waals surface area contributed by atoms with Gasteiger partial charge in [-0.2, -0.15) is 0 Å². The lowest BCUT2D eigenvalue weighted by Gasteiger charge is -2.29. The fraction of sp³-hybridized carbons (Fsp3) is 0.300. The standard InChI is InChI=1S/C10H12Cl2N2O2/c1-2-10(13,14-9(15)16)6-4-3-5-7(11)8(6)12/h3-5,14H,2,13H2,1H3,(H,15,16). The summed E-state index contributed by atoms with van der Waals surface area (Å²) in [6.07, 6.45) is -0.847. The van der Waals surface area contributed by atoms with E-state index in [1.165, 1.54) is 0 Å². The first kappa shape index (κ1) is 13.1. The maximum Gasteiger partial charge on any atom is 0.406 e. The van der Waals surface area contributed by atoms with Crippen molar-refractivity contribution in [3.63, 3.8) is 0 Å². The zero-order valence-corrected chi connectivity index (χ0v) is 10.1. The molecule has 0 fully saturated rings. The first-order valence-electron chi connectivity index (χ1n) is 4.65. The van der Waals surface area contributed by atoms with Crippen LogP contribution in [0.25, 0.3) is 0 Å². The van der Waals surface area contributed by atoms with Crippen LogP contribution in [0.4, 0.5) is 4.79 Å². The van der Waals surface area contributed by atoms with Crippen molar-refractivity contribution in [2.75, 3.05) is 0 Å². The van der Waals surface area contributed by atoms with E-state index in [0.717, 1.165) is 0 Å². The molecule has 1 atom stereocenters. The number of hydrogen-bond acceptors (Lipinski definition) is 2. The molecule has 0 bridgehead atoms. The molecule has 1 rings (SSSR count). The summed E-state index contributed by atoms with van der Waals surface area (Å²) in [5.41, 5.74) is 5.19. The van der Waals surface area contributed by atoms with E-state index in [1.54, 1.807) is 25.1 Å². The van der Waals surface area contributed by atoms with Crippen LogP contribution in [0.2, 0.25) is 10.0 Å². The summed E-state index contributed by atoms with van der Waals surface area (Å²) in [5, 5.41) is 11.6. The molecule has 6 heteroatoms. The molecule has 0 spiro atoms. The van der Waals surface area contributed by atoms with E-state index in [9.17, 15) is 4.79 Å². The van der Waals surface area contributed by atoms with Gasteiger partial charge in [-0.25, -0.2) is 4.79 Å². The van der Waals surface area contributed by atoms with E-state index < -0.39 is 11.8 Å². The van der Waals surface area contributed by atoms with Gasteiger partial charge in [0.1, 0.15) is 5.66 Å². The molecule has 0 radical (unpaired) electrons. The number of amides is 1. The van der Waals surface area contributed by atoms with E-state index in [2.05, 4.69) is 5.32 Å². The van der Waals surface area contributed by atoms with Crippen molar-refractivity contribution >= 4 is 29.3 Å². The van der Waals surface area contributed by atoms with Crippen LogP contribution in [0.1, 0.15) is 18.9 Å². The maximum atomic E-state index is 10.7. The van der Waals surface area contributed by atoms with Gasteiger partial charge in [-0.05, 0) is 12.5 Å². The Balaban J connectivity index is 3.22. The molecular formula is C10H12Cl2N2O2. The molecule has 0 aliphatic rings. The zero-order chi connectivity index (χ0) is 12.3. The molecule has 1 amide bonds. The van der Waals surface area contributed by atoms with Crippen molar-refractivity contribution in [1.82, 2.24) is 5.32 Å². The second kappa shape index (κ2) is 4.91. The molecule has 0 saturated carbocycles. The number of carboxylic acid groups (broad SMARTS) is 1. The lowest BCUT2D eigenvalue weighted by Crippen LogP contribution is -2.52. The van der Waals surface area contributed by atoms with Gasteiger partial charge < -0.3 is 10.8 Å². The van der Waals surface area contributed by atoms with Crippen molar-refractivity contribution in [2.45, 2.75) is 19.0 Å². The summed E-state index contributed by atoms with van der Waals surface area (Å²) in [4.78, 5) is 10.7. The SMILES string of the molecule is CCC(N)(NC(=O)O)c1cccc(Cl)c1Cl. The normalized spacial score (nSPS) is 14.2. The van der Waals surface area contributed by atoms with Crippen LogP contribution in [-0.2, 0) is 5.66 Å². The van der Waals surface area contributed by atoms with Gasteiger partial charge in [0.25, 0.3) is 0 Å². The van der Waals surface area contributed by atoms with Crippen LogP contribution in [0.3, 0.4) is 0 Å². The minimum absolute atomic E-state index is 0.266. The van der Waals surface area contributed by atoms with E-state index in [0.29, 0.717) is 17.0 Å². The molecule has 1 aromatic carbocycles. The van der Waals surface area contributed by atoms with E-state index in [4.69, 9.17) is 34.0 Å². The topological polar surface area (TPSA) is 75.3 Å². The average molecular weight is 263 g/mol. The monoisotopic (exact) mass is 262 g/mol. The lowest BCUT2D eigenvalue weighted by atomic mass is 9.97. The maximum absolute atomic E-state index is 10.7. The number of hydrogen-bond donors (Lipinski definition) is 3. The minimum Gasteiger partial charge on any atom is -0.465 e. The van der Waals surface area contributed by atoms with Crippen molar-refractivity contribution in [3.05, 3.63) is 33.8 Å². The van der Waals surface area contributed by atoms with Crippen LogP contribution in [-0.4, -0.2) is 11.2 Å². The highest BCUT2D eigenvalue weighted by Crippen LogP contribution is 2.32. The third-order valence-electron chi connectivity index (χ3n) is 2.32. The van der Waals surface area contributed by atoms with E-state index in [1.807, 2.05) is 0 Å². The fourth-order valence-electron chi connectivity index (χ4n) is 1.39. The Morgan fingerprint density at radius 1 is 1.56 bits per heavy atom. The van der Waals surface area contributed by atoms with Gasteiger partial charge in [0.05, 0.1) is 10.0 Å². The summed E-state index contributed by atoms with van der Waals surface area (Å²) in [6.45, 7) is 1.76. The van der Waals surface area contributed by atoms with E-state index >= 15 is 0 Å². The lowest BCUT2D eigenvalue weighted by molar-refractivity contribution is 0.176. The molecule has 4 N–H and O–H groups in total. The van der Waals surface area contributed by atoms with Crippen LogP contribution in [0.15, 0.2) is 18.2 Å². The highest BCUT2D eigenvalue weighted by Gasteiger charge is 2.30. The molecule has 0 aromatic heterocycles. The summed E-state index contributed by atoms with van der Waals surface area (Å²) in [5.74, 6) is 0. The van der Waals surface area contributed by atoms with Gasteiger partial charge in [-0.15, -0.1) is 0 Å². The molecule has 4 nitrogen and oxygen atoms in total. The van der Waals surface area contributed by atoms with Crippen LogP contribution in [0.5, 0.6) is 0 Å². The molecule has 0 aliphatic carbocycles. The fourth-order valence-corrected chi connectivity index (χ4v) is 1.85. The van der Waals surface area contributed by atoms with Gasteiger partial charge >= 0.3 is 6.09 Å². The van der Waals surface area contributed by atoms with Gasteiger partial charge in [0.15, 0.2) is 0 Å². The smallest absolute Gasteiger partial charge is 0.406 e. The molecular weight excluding hydrogens is 251 g/mol. The van der Waals surface area contributed by atoms with Gasteiger partial charge in [0, 0.05) is 5.56 Å². The molecule has 88 valence electrons. The molecule has 0 heterocycles. The third kappa shape index (κ3) is 2.58. The molecule has 1 aromatic rings. The second-order valence-electron chi connectivity index (χ2n) is 3.36. The predicted octanol–water partition coefficient (Wildman–Crippen LogP) is 2.78. The number of rotatable bonds is 3. The Kier molecular flexibility index (Phi) is 4.02. The quantitative estimate of drug-likeness (QED) is 0.734. The largest absolute Gasteiger partial charge is 0.465 e. The highest BCUT2D eigenvalue weighted by atomic mass is 35.5. The molecule has 0 saturated heterocycles. The van der Waals surface area contributed by atoms with Gasteiger partial charge in [-0.3, -0.25) is 5.32 Å². The number of nitrogens with two attached hydrogens (primary N) is 1. The highest BCUT2D eigenvalue weighted by molar-refractivity contribution is 6.42. The first-order chi connectivity index (χ1) is 7.40. The van der Waals surface area contributed by atoms with Crippen molar-refractivity contribution in [3.8, 4) is 0 Å². The Hall–Kier alpha value is -0.970. The summed E-state index contributed by atoms with van der Waals surface area (Å²) in [6, 6.07) is 4.93. The van der Waals surface area contributed by atoms with Crippen molar-refractivity contribution in [2.24, 2.45) is 5.73 Å². The average Bonchev–Trinajstić information content (AvgIpc) is 2.21. The molecule has 0 aliphatic heterocycles. The second-order valence-corrected chi connectivity index (χ2v) is 4.14. The number of carbonyl (C=O) groups is 1. The first-order valence-corrected chi connectivity index (χ1v) is 5.40. The number of benzene rings is 1. The number of nitrogens with one attached hydrogen (secondary N) is 1. The Bertz CT molecular complexity index is 412. The van der Waals surface area contributed by atoms with Crippen LogP contribution in [0, 0.1) is 0 Å². The Morgan fingerprint density at radius 2 is 2.19 bits per heavy atom. The Morgan fingerprint density at radius 3 is 2.69 bits per heavy atom. The number of halogens is 2. The predicted molar refractivity (Wildman–Crippen MR) is 63.8 cm³/mol. The third-order valence-corrected chi connectivity index (χ3v) is 3.14. The molecule has 1 unspecified atom stereocenters. The summed E-state index contributed by atoms with van der Waals surface area (Å²) in [7, 11) is 0. The van der Waals surface area contributed by atoms with E-state index in [-0.39, 0.29) is 5.02 Å². The molecule has 16 heavy (non-hydrogen) atoms. The van der Waals surface area contributed by atoms with Crippen molar-refractivity contribution in [1.29, 1.82) is 0 Å². The van der Waals surface area contributed by atoms with Crippen LogP contribution >= 0.6 is 23.2 Å². The Labute approximate surface area is 103 Å². The summed E-state index contributed by atoms with van der Waals surface area (Å²) >= 11 is 11.8. The van der Waals surface area contributed by atoms with Crippen molar-refractivity contribution < 1.29 is 9.90 Å².